The molecule has 0 radical (unpaired) electrons. The molecule has 1 aromatic rings. The summed E-state index contributed by atoms with van der Waals surface area (Å²) in [6, 6.07) is 5.27. The SMILES string of the molecule is CC(C)(C)OC(=O)N1CC2(C1)OCc1cc(B(O)O)ccc12. The van der Waals surface area contributed by atoms with Gasteiger partial charge in [0.05, 0.1) is 19.7 Å². The first kappa shape index (κ1) is 15.3. The van der Waals surface area contributed by atoms with Crippen LogP contribution in [0.3, 0.4) is 0 Å². The van der Waals surface area contributed by atoms with E-state index in [4.69, 9.17) is 9.47 Å². The topological polar surface area (TPSA) is 79.2 Å². The maximum absolute atomic E-state index is 12.0. The van der Waals surface area contributed by atoms with Gasteiger partial charge in [0, 0.05) is 0 Å². The number of nitrogens with zero attached hydrogens (tertiary/aromatic N) is 1. The molecule has 2 aliphatic heterocycles. The molecule has 1 saturated heterocycles. The summed E-state index contributed by atoms with van der Waals surface area (Å²) in [7, 11) is -1.48. The van der Waals surface area contributed by atoms with Gasteiger partial charge in [0.2, 0.25) is 0 Å². The fourth-order valence-corrected chi connectivity index (χ4v) is 2.92. The van der Waals surface area contributed by atoms with E-state index < -0.39 is 18.3 Å². The zero-order valence-electron chi connectivity index (χ0n) is 13.0. The second kappa shape index (κ2) is 4.98. The third-order valence-electron chi connectivity index (χ3n) is 3.97. The van der Waals surface area contributed by atoms with Crippen molar-refractivity contribution in [2.45, 2.75) is 38.6 Å². The lowest BCUT2D eigenvalue weighted by Crippen LogP contribution is -2.61. The van der Waals surface area contributed by atoms with E-state index >= 15 is 0 Å². The second-order valence-corrected chi connectivity index (χ2v) is 6.91. The molecule has 118 valence electrons. The highest BCUT2D eigenvalue weighted by molar-refractivity contribution is 6.58. The highest BCUT2D eigenvalue weighted by atomic mass is 16.6. The van der Waals surface area contributed by atoms with Crippen molar-refractivity contribution in [2.24, 2.45) is 0 Å². The summed E-state index contributed by atoms with van der Waals surface area (Å²) < 4.78 is 11.2. The van der Waals surface area contributed by atoms with Crippen molar-refractivity contribution < 1.29 is 24.3 Å². The average Bonchev–Trinajstić information content (AvgIpc) is 2.73. The van der Waals surface area contributed by atoms with Gasteiger partial charge in [0.25, 0.3) is 0 Å². The van der Waals surface area contributed by atoms with Crippen molar-refractivity contribution in [3.05, 3.63) is 29.3 Å². The summed E-state index contributed by atoms with van der Waals surface area (Å²) >= 11 is 0. The summed E-state index contributed by atoms with van der Waals surface area (Å²) in [4.78, 5) is 13.6. The number of hydrogen-bond donors (Lipinski definition) is 2. The zero-order valence-corrected chi connectivity index (χ0v) is 13.0. The van der Waals surface area contributed by atoms with Crippen molar-refractivity contribution in [3.63, 3.8) is 0 Å². The number of hydrogen-bond acceptors (Lipinski definition) is 5. The van der Waals surface area contributed by atoms with Gasteiger partial charge in [-0.2, -0.15) is 0 Å². The van der Waals surface area contributed by atoms with E-state index in [0.29, 0.717) is 25.2 Å². The molecule has 0 atom stereocenters. The Balaban J connectivity index is 1.72. The van der Waals surface area contributed by atoms with Gasteiger partial charge in [0.15, 0.2) is 0 Å². The minimum absolute atomic E-state index is 0.336. The van der Waals surface area contributed by atoms with Gasteiger partial charge in [0.1, 0.15) is 11.2 Å². The molecule has 2 heterocycles. The van der Waals surface area contributed by atoms with Crippen molar-refractivity contribution in [1.29, 1.82) is 0 Å². The van der Waals surface area contributed by atoms with E-state index in [2.05, 4.69) is 0 Å². The number of likely N-dealkylation sites (tertiary alicyclic amines) is 1. The van der Waals surface area contributed by atoms with Crippen LogP contribution in [0.4, 0.5) is 4.79 Å². The van der Waals surface area contributed by atoms with Crippen LogP contribution in [0.15, 0.2) is 18.2 Å². The molecule has 2 N–H and O–H groups in total. The number of fused-ring (bicyclic) bond motifs is 2. The monoisotopic (exact) mass is 305 g/mol. The minimum atomic E-state index is -1.48. The van der Waals surface area contributed by atoms with Crippen LogP contribution >= 0.6 is 0 Å². The number of rotatable bonds is 1. The number of carbonyl (C=O) groups excluding carboxylic acids is 1. The first-order valence-electron chi connectivity index (χ1n) is 7.32. The third kappa shape index (κ3) is 2.60. The van der Waals surface area contributed by atoms with E-state index in [1.54, 1.807) is 17.0 Å². The van der Waals surface area contributed by atoms with Crippen molar-refractivity contribution in [2.75, 3.05) is 13.1 Å². The Morgan fingerprint density at radius 2 is 2.05 bits per heavy atom. The van der Waals surface area contributed by atoms with Gasteiger partial charge in [-0.25, -0.2) is 4.79 Å². The maximum Gasteiger partial charge on any atom is 0.488 e. The summed E-state index contributed by atoms with van der Waals surface area (Å²) in [6.07, 6.45) is -0.336. The van der Waals surface area contributed by atoms with Crippen LogP contribution in [0.5, 0.6) is 0 Å². The minimum Gasteiger partial charge on any atom is -0.444 e. The molecule has 7 heteroatoms. The number of ether oxygens (including phenoxy) is 2. The van der Waals surface area contributed by atoms with Crippen molar-refractivity contribution >= 4 is 18.7 Å². The van der Waals surface area contributed by atoms with Crippen molar-refractivity contribution in [1.82, 2.24) is 4.90 Å². The molecule has 1 fully saturated rings. The predicted octanol–water partition coefficient (Wildman–Crippen LogP) is 0.343. The molecule has 1 aromatic carbocycles. The first-order chi connectivity index (χ1) is 10.2. The molecule has 2 aliphatic rings. The average molecular weight is 305 g/mol. The van der Waals surface area contributed by atoms with Crippen molar-refractivity contribution in [3.8, 4) is 0 Å². The van der Waals surface area contributed by atoms with E-state index in [0.717, 1.165) is 11.1 Å². The molecule has 0 unspecified atom stereocenters. The lowest BCUT2D eigenvalue weighted by Gasteiger charge is -2.47. The molecule has 22 heavy (non-hydrogen) atoms. The van der Waals surface area contributed by atoms with Gasteiger partial charge >= 0.3 is 13.2 Å². The molecule has 1 spiro atoms. The Kier molecular flexibility index (Phi) is 3.47. The van der Waals surface area contributed by atoms with Gasteiger partial charge in [-0.15, -0.1) is 0 Å². The lowest BCUT2D eigenvalue weighted by atomic mass is 9.77. The fraction of sp³-hybridized carbons (Fsp3) is 0.533. The number of amides is 1. The largest absolute Gasteiger partial charge is 0.488 e. The third-order valence-corrected chi connectivity index (χ3v) is 3.97. The Labute approximate surface area is 129 Å². The normalized spacial score (nSPS) is 18.9. The molecule has 0 aliphatic carbocycles. The number of carbonyl (C=O) groups is 1. The van der Waals surface area contributed by atoms with E-state index in [-0.39, 0.29) is 6.09 Å². The molecule has 3 rings (SSSR count). The Morgan fingerprint density at radius 3 is 2.64 bits per heavy atom. The summed E-state index contributed by atoms with van der Waals surface area (Å²) in [5, 5.41) is 18.4. The van der Waals surface area contributed by atoms with E-state index in [1.807, 2.05) is 26.8 Å². The van der Waals surface area contributed by atoms with Crippen LogP contribution in [0.25, 0.3) is 0 Å². The second-order valence-electron chi connectivity index (χ2n) is 6.91. The van der Waals surface area contributed by atoms with Gasteiger partial charge < -0.3 is 24.4 Å². The standard InChI is InChI=1S/C15H20BNO5/c1-14(2,3)22-13(18)17-8-15(9-17)12-5-4-11(16(19)20)6-10(12)7-21-15/h4-6,19-20H,7-9H2,1-3H3. The van der Waals surface area contributed by atoms with Crippen LogP contribution < -0.4 is 5.46 Å². The van der Waals surface area contributed by atoms with Crippen LogP contribution in [0.1, 0.15) is 31.9 Å². The lowest BCUT2D eigenvalue weighted by molar-refractivity contribution is -0.137. The van der Waals surface area contributed by atoms with E-state index in [9.17, 15) is 14.8 Å². The first-order valence-corrected chi connectivity index (χ1v) is 7.32. The molecule has 6 nitrogen and oxygen atoms in total. The zero-order chi connectivity index (χ0) is 16.1. The molecular formula is C15H20BNO5. The highest BCUT2D eigenvalue weighted by Crippen LogP contribution is 2.43. The molecule has 1 amide bonds. The Bertz CT molecular complexity index is 604. The molecule has 0 aromatic heterocycles. The van der Waals surface area contributed by atoms with Gasteiger partial charge in [-0.1, -0.05) is 18.2 Å². The molecule has 0 saturated carbocycles. The number of benzene rings is 1. The quantitative estimate of drug-likeness (QED) is 0.732. The predicted molar refractivity (Wildman–Crippen MR) is 80.5 cm³/mol. The van der Waals surface area contributed by atoms with Crippen LogP contribution in [-0.4, -0.2) is 46.9 Å². The van der Waals surface area contributed by atoms with Crippen LogP contribution in [0.2, 0.25) is 0 Å². The fourth-order valence-electron chi connectivity index (χ4n) is 2.92. The van der Waals surface area contributed by atoms with Crippen LogP contribution in [0, 0.1) is 0 Å². The highest BCUT2D eigenvalue weighted by Gasteiger charge is 2.52. The smallest absolute Gasteiger partial charge is 0.444 e. The Morgan fingerprint density at radius 1 is 1.36 bits per heavy atom. The summed E-state index contributed by atoms with van der Waals surface area (Å²) in [5.41, 5.74) is 1.40. The molecule has 0 bridgehead atoms. The Hall–Kier alpha value is -1.57. The maximum atomic E-state index is 12.0. The van der Waals surface area contributed by atoms with E-state index in [1.165, 1.54) is 0 Å². The van der Waals surface area contributed by atoms with Crippen LogP contribution in [-0.2, 0) is 21.7 Å². The summed E-state index contributed by atoms with van der Waals surface area (Å²) in [5.74, 6) is 0. The summed E-state index contributed by atoms with van der Waals surface area (Å²) in [6.45, 7) is 6.83. The van der Waals surface area contributed by atoms with Gasteiger partial charge in [-0.3, -0.25) is 0 Å². The van der Waals surface area contributed by atoms with Gasteiger partial charge in [-0.05, 0) is 37.4 Å². The molecular weight excluding hydrogens is 285 g/mol.